The third-order valence-electron chi connectivity index (χ3n) is 1.53. The molecule has 0 bridgehead atoms. The Bertz CT molecular complexity index is 410. The molecule has 3 aromatic rings. The van der Waals surface area contributed by atoms with Crippen LogP contribution in [0, 0.1) is 17.8 Å². The van der Waals surface area contributed by atoms with E-state index in [2.05, 4.69) is 87.5 Å². The number of hydrogen-bond donors (Lipinski definition) is 0. The molecule has 0 unspecified atom stereocenters. The van der Waals surface area contributed by atoms with Gasteiger partial charge in [0.2, 0.25) is 0 Å². The molecule has 0 saturated heterocycles. The van der Waals surface area contributed by atoms with Gasteiger partial charge in [-0.2, -0.15) is 10.2 Å². The molecule has 0 aliphatic carbocycles. The van der Waals surface area contributed by atoms with Crippen molar-refractivity contribution in [1.82, 2.24) is 25.1 Å². The molecule has 0 aliphatic rings. The Kier molecular flexibility index (Phi) is 30.4. The number of hydrogen-bond acceptors (Lipinski definition) is 5. The van der Waals surface area contributed by atoms with Gasteiger partial charge in [0.05, 0.1) is 0 Å². The Morgan fingerprint density at radius 2 is 0.667 bits per heavy atom. The minimum atomic E-state index is 0.833. The van der Waals surface area contributed by atoms with E-state index in [1.165, 1.54) is 6.33 Å². The van der Waals surface area contributed by atoms with Gasteiger partial charge in [0, 0.05) is 37.2 Å². The Balaban J connectivity index is -0.000000296. The minimum Gasteiger partial charge on any atom is -0.265 e. The van der Waals surface area contributed by atoms with Gasteiger partial charge in [-0.15, -0.1) is 0 Å². The molecular formula is C25H43N5. The zero-order valence-corrected chi connectivity index (χ0v) is 20.5. The lowest BCUT2D eigenvalue weighted by Crippen LogP contribution is -1.69. The van der Waals surface area contributed by atoms with Crippen molar-refractivity contribution >= 4 is 0 Å². The third-order valence-corrected chi connectivity index (χ3v) is 1.53. The van der Waals surface area contributed by atoms with Crippen LogP contribution in [0.3, 0.4) is 0 Å². The summed E-state index contributed by atoms with van der Waals surface area (Å²) in [6.07, 6.45) is 11.7. The molecule has 0 saturated carbocycles. The molecule has 0 aliphatic heterocycles. The van der Waals surface area contributed by atoms with Gasteiger partial charge >= 0.3 is 0 Å². The molecule has 0 radical (unpaired) electrons. The van der Waals surface area contributed by atoms with Crippen LogP contribution < -0.4 is 0 Å². The fraction of sp³-hybridized carbons (Fsp3) is 0.480. The van der Waals surface area contributed by atoms with Crippen LogP contribution in [0.15, 0.2) is 79.9 Å². The highest BCUT2D eigenvalue weighted by atomic mass is 15.1. The summed E-state index contributed by atoms with van der Waals surface area (Å²) in [6, 6.07) is 11.1. The van der Waals surface area contributed by atoms with E-state index in [4.69, 9.17) is 0 Å². The summed E-state index contributed by atoms with van der Waals surface area (Å²) in [5, 5.41) is 7.07. The van der Waals surface area contributed by atoms with Gasteiger partial charge in [-0.1, -0.05) is 68.4 Å². The molecule has 168 valence electrons. The first kappa shape index (κ1) is 32.0. The zero-order valence-electron chi connectivity index (χ0n) is 20.5. The maximum atomic E-state index is 3.78. The molecular weight excluding hydrogens is 370 g/mol. The number of pyridine rings is 1. The first-order valence-electron chi connectivity index (χ1n) is 10.5. The Hall–Kier alpha value is -2.69. The molecule has 5 nitrogen and oxygen atoms in total. The molecule has 0 fully saturated rings. The zero-order chi connectivity index (χ0) is 23.5. The summed E-state index contributed by atoms with van der Waals surface area (Å²) in [6.45, 7) is 19.5. The SMILES string of the molecule is CC(C)C.CC(C)C.CC(C)C.c1ccncc1.c1ccnnc1.c1cncnc1. The molecule has 30 heavy (non-hydrogen) atoms. The smallest absolute Gasteiger partial charge is 0.115 e. The fourth-order valence-corrected chi connectivity index (χ4v) is 0.819. The summed E-state index contributed by atoms with van der Waals surface area (Å²) in [5.41, 5.74) is 0. The first-order valence-corrected chi connectivity index (χ1v) is 10.5. The molecule has 5 heteroatoms. The van der Waals surface area contributed by atoms with Crippen LogP contribution in [0.5, 0.6) is 0 Å². The molecule has 3 heterocycles. The summed E-state index contributed by atoms with van der Waals surface area (Å²) in [7, 11) is 0. The van der Waals surface area contributed by atoms with Gasteiger partial charge in [-0.05, 0) is 48.1 Å². The first-order chi connectivity index (χ1) is 14.2. The summed E-state index contributed by atoms with van der Waals surface area (Å²) >= 11 is 0. The van der Waals surface area contributed by atoms with Crippen LogP contribution in [-0.4, -0.2) is 25.1 Å². The highest BCUT2D eigenvalue weighted by Gasteiger charge is 1.69. The summed E-state index contributed by atoms with van der Waals surface area (Å²) in [4.78, 5) is 11.1. The van der Waals surface area contributed by atoms with Crippen LogP contribution in [-0.2, 0) is 0 Å². The average Bonchev–Trinajstić information content (AvgIpc) is 2.72. The standard InChI is InChI=1S/C5H5N.2C4H4N2.3C4H10/c1-2-4-6-5-3-1;1-2-5-4-6-3-1;1-2-4-6-5-3-1;3*1-4(2)3/h1-5H;2*1-4H;3*4H,1-3H3. The minimum absolute atomic E-state index is 0.833. The van der Waals surface area contributed by atoms with Crippen molar-refractivity contribution in [3.63, 3.8) is 0 Å². The third kappa shape index (κ3) is 63.8. The van der Waals surface area contributed by atoms with Crippen molar-refractivity contribution in [3.05, 3.63) is 79.9 Å². The van der Waals surface area contributed by atoms with Gasteiger partial charge < -0.3 is 0 Å². The lowest BCUT2D eigenvalue weighted by molar-refractivity contribution is 0.736. The van der Waals surface area contributed by atoms with Crippen LogP contribution in [0.1, 0.15) is 62.3 Å². The fourth-order valence-electron chi connectivity index (χ4n) is 0.819. The monoisotopic (exact) mass is 413 g/mol. The molecule has 0 N–H and O–H groups in total. The molecule has 0 aromatic carbocycles. The van der Waals surface area contributed by atoms with E-state index in [1.54, 1.807) is 43.2 Å². The van der Waals surface area contributed by atoms with Crippen molar-refractivity contribution < 1.29 is 0 Å². The van der Waals surface area contributed by atoms with E-state index in [9.17, 15) is 0 Å². The summed E-state index contributed by atoms with van der Waals surface area (Å²) in [5.74, 6) is 2.50. The van der Waals surface area contributed by atoms with E-state index in [0.717, 1.165) is 17.8 Å². The second-order valence-electron chi connectivity index (χ2n) is 8.04. The van der Waals surface area contributed by atoms with Crippen LogP contribution in [0.4, 0.5) is 0 Å². The molecule has 0 amide bonds. The lowest BCUT2D eigenvalue weighted by Gasteiger charge is -1.79. The number of nitrogens with zero attached hydrogens (tertiary/aromatic N) is 5. The lowest BCUT2D eigenvalue weighted by atomic mass is 10.3. The molecule has 3 rings (SSSR count). The maximum absolute atomic E-state index is 3.78. The van der Waals surface area contributed by atoms with Gasteiger partial charge in [0.15, 0.2) is 0 Å². The van der Waals surface area contributed by atoms with Crippen LogP contribution in [0.25, 0.3) is 0 Å². The van der Waals surface area contributed by atoms with Gasteiger partial charge in [-0.3, -0.25) is 4.98 Å². The Labute approximate surface area is 185 Å². The van der Waals surface area contributed by atoms with E-state index in [1.807, 2.05) is 30.3 Å². The highest BCUT2D eigenvalue weighted by molar-refractivity contribution is 4.88. The molecule has 0 spiro atoms. The van der Waals surface area contributed by atoms with E-state index in [-0.39, 0.29) is 0 Å². The largest absolute Gasteiger partial charge is 0.265 e. The Morgan fingerprint density at radius 3 is 0.767 bits per heavy atom. The normalized spacial score (nSPS) is 8.40. The van der Waals surface area contributed by atoms with E-state index >= 15 is 0 Å². The van der Waals surface area contributed by atoms with E-state index < -0.39 is 0 Å². The van der Waals surface area contributed by atoms with Gasteiger partial charge in [0.1, 0.15) is 6.33 Å². The van der Waals surface area contributed by atoms with Crippen LogP contribution in [0.2, 0.25) is 0 Å². The van der Waals surface area contributed by atoms with Crippen LogP contribution >= 0.6 is 0 Å². The quantitative estimate of drug-likeness (QED) is 0.396. The van der Waals surface area contributed by atoms with Gasteiger partial charge in [-0.25, -0.2) is 9.97 Å². The van der Waals surface area contributed by atoms with Gasteiger partial charge in [0.25, 0.3) is 0 Å². The molecule has 3 aromatic heterocycles. The number of aromatic nitrogens is 5. The van der Waals surface area contributed by atoms with Crippen molar-refractivity contribution in [1.29, 1.82) is 0 Å². The van der Waals surface area contributed by atoms with Crippen molar-refractivity contribution in [2.24, 2.45) is 17.8 Å². The topological polar surface area (TPSA) is 64.5 Å². The van der Waals surface area contributed by atoms with E-state index in [0.29, 0.717) is 0 Å². The number of rotatable bonds is 0. The Morgan fingerprint density at radius 1 is 0.367 bits per heavy atom. The average molecular weight is 414 g/mol. The molecule has 0 atom stereocenters. The summed E-state index contributed by atoms with van der Waals surface area (Å²) < 4.78 is 0. The maximum Gasteiger partial charge on any atom is 0.115 e. The van der Waals surface area contributed by atoms with Crippen molar-refractivity contribution in [2.75, 3.05) is 0 Å². The van der Waals surface area contributed by atoms with Crippen molar-refractivity contribution in [3.8, 4) is 0 Å². The predicted octanol–water partition coefficient (Wildman–Crippen LogP) is 7.02. The predicted molar refractivity (Wildman–Crippen MR) is 130 cm³/mol. The van der Waals surface area contributed by atoms with Crippen molar-refractivity contribution in [2.45, 2.75) is 62.3 Å². The highest BCUT2D eigenvalue weighted by Crippen LogP contribution is 1.82. The second kappa shape index (κ2) is 28.5. The second-order valence-corrected chi connectivity index (χ2v) is 8.04.